The van der Waals surface area contributed by atoms with Crippen LogP contribution in [0.4, 0.5) is 4.39 Å². The number of aliphatic hydroxyl groups is 3. The lowest BCUT2D eigenvalue weighted by molar-refractivity contribution is -0.153. The number of rotatable bonds is 4. The first-order chi connectivity index (χ1) is 19.2. The summed E-state index contributed by atoms with van der Waals surface area (Å²) in [4.78, 5) is 55.7. The summed E-state index contributed by atoms with van der Waals surface area (Å²) >= 11 is 0. The molecular formula is C28H33FN4O8. The summed E-state index contributed by atoms with van der Waals surface area (Å²) < 4.78 is 16.0. The van der Waals surface area contributed by atoms with Gasteiger partial charge >= 0.3 is 0 Å². The Morgan fingerprint density at radius 2 is 1.78 bits per heavy atom. The summed E-state index contributed by atoms with van der Waals surface area (Å²) in [6.07, 6.45) is -0.247. The van der Waals surface area contributed by atoms with Crippen molar-refractivity contribution in [1.29, 1.82) is 0 Å². The molecule has 3 aliphatic carbocycles. The van der Waals surface area contributed by atoms with Gasteiger partial charge < -0.3 is 31.1 Å². The Morgan fingerprint density at radius 1 is 1.15 bits per heavy atom. The van der Waals surface area contributed by atoms with Crippen molar-refractivity contribution in [2.75, 3.05) is 40.3 Å². The lowest BCUT2D eigenvalue weighted by Gasteiger charge is -2.50. The van der Waals surface area contributed by atoms with Crippen molar-refractivity contribution in [2.24, 2.45) is 17.6 Å². The second-order valence-corrected chi connectivity index (χ2v) is 11.5. The topological polar surface area (TPSA) is 185 Å². The molecule has 1 aromatic rings. The fraction of sp³-hybridized carbons (Fsp3) is 0.500. The molecule has 1 saturated heterocycles. The molecule has 1 aromatic carbocycles. The summed E-state index contributed by atoms with van der Waals surface area (Å²) in [5.41, 5.74) is 1.23. The maximum Gasteiger partial charge on any atom is 0.255 e. The molecule has 4 aliphatic rings. The second kappa shape index (κ2) is 9.93. The zero-order valence-electron chi connectivity index (χ0n) is 23.0. The normalized spacial score (nSPS) is 28.5. The number of aliphatic hydroxyl groups excluding tert-OH is 2. The minimum atomic E-state index is -2.75. The van der Waals surface area contributed by atoms with E-state index in [0.717, 1.165) is 0 Å². The number of carbonyl (C=O) groups excluding carboxylic acids is 4. The van der Waals surface area contributed by atoms with Crippen molar-refractivity contribution in [3.05, 3.63) is 45.5 Å². The van der Waals surface area contributed by atoms with Crippen molar-refractivity contribution in [2.45, 2.75) is 38.0 Å². The van der Waals surface area contributed by atoms with Gasteiger partial charge in [-0.1, -0.05) is 0 Å². The molecule has 2 fully saturated rings. The zero-order chi connectivity index (χ0) is 30.1. The molecule has 0 aromatic heterocycles. The van der Waals surface area contributed by atoms with E-state index < -0.39 is 69.6 Å². The molecule has 220 valence electrons. The number of hydrogen-bond acceptors (Lipinski definition) is 10. The van der Waals surface area contributed by atoms with Crippen LogP contribution in [0.1, 0.15) is 30.0 Å². The van der Waals surface area contributed by atoms with E-state index >= 15 is 4.39 Å². The van der Waals surface area contributed by atoms with E-state index in [1.165, 1.54) is 32.0 Å². The highest BCUT2D eigenvalue weighted by molar-refractivity contribution is 6.24. The van der Waals surface area contributed by atoms with E-state index in [0.29, 0.717) is 26.2 Å². The predicted octanol–water partition coefficient (Wildman–Crippen LogP) is -0.233. The van der Waals surface area contributed by atoms with Gasteiger partial charge in [0, 0.05) is 62.3 Å². The van der Waals surface area contributed by atoms with Gasteiger partial charge in [-0.25, -0.2) is 4.39 Å². The predicted molar refractivity (Wildman–Crippen MR) is 142 cm³/mol. The van der Waals surface area contributed by atoms with E-state index in [9.17, 15) is 39.6 Å². The van der Waals surface area contributed by atoms with Crippen LogP contribution in [0.5, 0.6) is 5.75 Å². The van der Waals surface area contributed by atoms with Crippen LogP contribution in [-0.2, 0) is 32.1 Å². The molecular weight excluding hydrogens is 539 g/mol. The Labute approximate surface area is 235 Å². The van der Waals surface area contributed by atoms with E-state index in [2.05, 4.69) is 0 Å². The maximum atomic E-state index is 16.0. The fourth-order valence-corrected chi connectivity index (χ4v) is 6.92. The Hall–Kier alpha value is -3.81. The highest BCUT2D eigenvalue weighted by atomic mass is 19.1. The molecule has 6 N–H and O–H groups in total. The standard InChI is InChI=1S/C28H33FN4O8/c1-12(34)33-6-4-32(5-7-33)11-14-10-17(35)19-15(21(14)29)8-13-9-16-22(31(2)3)24(37)20(27(30)40)26(39)28(16,41)25(38)18(13)23(19)36/h10,13,16,22,35-36,39,41H,4-9,11H2,1-3H3,(H2,30,40)/t13-,16-,22-,28-/m0/s1. The number of halogens is 1. The van der Waals surface area contributed by atoms with Crippen molar-refractivity contribution < 1.29 is 44.0 Å². The number of amides is 2. The van der Waals surface area contributed by atoms with Crippen molar-refractivity contribution in [1.82, 2.24) is 14.7 Å². The maximum absolute atomic E-state index is 16.0. The first-order valence-corrected chi connectivity index (χ1v) is 13.4. The minimum absolute atomic E-state index is 0.00649. The van der Waals surface area contributed by atoms with Gasteiger partial charge in [0.15, 0.2) is 11.4 Å². The number of primary amides is 1. The third kappa shape index (κ3) is 4.21. The lowest BCUT2D eigenvalue weighted by atomic mass is 9.57. The number of nitrogens with two attached hydrogens (primary N) is 1. The number of piperazine rings is 1. The Balaban J connectivity index is 1.56. The second-order valence-electron chi connectivity index (χ2n) is 11.5. The van der Waals surface area contributed by atoms with Crippen LogP contribution in [-0.4, -0.2) is 110 Å². The van der Waals surface area contributed by atoms with E-state index in [-0.39, 0.29) is 47.6 Å². The molecule has 0 bridgehead atoms. The highest BCUT2D eigenvalue weighted by Gasteiger charge is 2.64. The Bertz CT molecular complexity index is 1440. The van der Waals surface area contributed by atoms with E-state index in [1.54, 1.807) is 4.90 Å². The first kappa shape index (κ1) is 28.7. The number of carbonyl (C=O) groups is 4. The quantitative estimate of drug-likeness (QED) is 0.302. The van der Waals surface area contributed by atoms with Gasteiger partial charge in [-0.15, -0.1) is 0 Å². The van der Waals surface area contributed by atoms with Crippen LogP contribution in [0.15, 0.2) is 23.0 Å². The smallest absolute Gasteiger partial charge is 0.255 e. The monoisotopic (exact) mass is 572 g/mol. The zero-order valence-corrected chi connectivity index (χ0v) is 23.0. The number of hydrogen-bond donors (Lipinski definition) is 5. The van der Waals surface area contributed by atoms with Gasteiger partial charge in [-0.3, -0.25) is 29.0 Å². The first-order valence-electron chi connectivity index (χ1n) is 13.4. The highest BCUT2D eigenvalue weighted by Crippen LogP contribution is 2.53. The largest absolute Gasteiger partial charge is 0.508 e. The molecule has 0 unspecified atom stereocenters. The van der Waals surface area contributed by atoms with Crippen LogP contribution in [0.3, 0.4) is 0 Å². The average molecular weight is 573 g/mol. The fourth-order valence-electron chi connectivity index (χ4n) is 6.92. The van der Waals surface area contributed by atoms with E-state index in [1.807, 2.05) is 4.90 Å². The van der Waals surface area contributed by atoms with Crippen molar-refractivity contribution >= 4 is 29.1 Å². The molecule has 2 amide bonds. The van der Waals surface area contributed by atoms with Crippen molar-refractivity contribution in [3.63, 3.8) is 0 Å². The number of nitrogens with zero attached hydrogens (tertiary/aromatic N) is 3. The SMILES string of the molecule is CC(=O)N1CCN(Cc2cc(O)c3c(c2F)C[C@H]2C[C@H]4[C@H](N(C)C)C(=O)C(C(N)=O)=C(O)[C@@]4(O)C(=O)C2=C3O)CC1. The number of likely N-dealkylation sites (N-methyl/N-ethyl adjacent to an activating group) is 1. The summed E-state index contributed by atoms with van der Waals surface area (Å²) in [6, 6.07) is -0.0390. The summed E-state index contributed by atoms with van der Waals surface area (Å²) in [5, 5.41) is 44.6. The van der Waals surface area contributed by atoms with Crippen LogP contribution >= 0.6 is 0 Å². The number of fused-ring (bicyclic) bond motifs is 3. The third-order valence-electron chi connectivity index (χ3n) is 8.94. The van der Waals surface area contributed by atoms with Gasteiger partial charge in [0.1, 0.15) is 28.7 Å². The minimum Gasteiger partial charge on any atom is -0.508 e. The Kier molecular flexibility index (Phi) is 6.95. The number of phenols is 1. The molecule has 4 atom stereocenters. The molecule has 0 spiro atoms. The molecule has 1 aliphatic heterocycles. The van der Waals surface area contributed by atoms with Gasteiger partial charge in [-0.2, -0.15) is 0 Å². The van der Waals surface area contributed by atoms with Crippen LogP contribution in [0.25, 0.3) is 5.76 Å². The molecule has 5 rings (SSSR count). The Morgan fingerprint density at radius 3 is 2.34 bits per heavy atom. The molecule has 13 heteroatoms. The van der Waals surface area contributed by atoms with Gasteiger partial charge in [-0.05, 0) is 38.9 Å². The average Bonchev–Trinajstić information content (AvgIpc) is 2.89. The van der Waals surface area contributed by atoms with Gasteiger partial charge in [0.25, 0.3) is 5.91 Å². The van der Waals surface area contributed by atoms with E-state index in [4.69, 9.17) is 5.73 Å². The number of aromatic hydroxyl groups is 1. The number of ketones is 2. The summed E-state index contributed by atoms with van der Waals surface area (Å²) in [7, 11) is 3.02. The van der Waals surface area contributed by atoms with Crippen molar-refractivity contribution in [3.8, 4) is 5.75 Å². The summed E-state index contributed by atoms with van der Waals surface area (Å²) in [6.45, 7) is 3.62. The van der Waals surface area contributed by atoms with Gasteiger partial charge in [0.2, 0.25) is 11.7 Å². The number of Topliss-reactive ketones (excluding diaryl/α,β-unsaturated/α-hetero) is 2. The van der Waals surface area contributed by atoms with Gasteiger partial charge in [0.05, 0.1) is 11.6 Å². The molecule has 41 heavy (non-hydrogen) atoms. The molecule has 1 saturated carbocycles. The molecule has 12 nitrogen and oxygen atoms in total. The van der Waals surface area contributed by atoms with Crippen LogP contribution in [0, 0.1) is 17.7 Å². The van der Waals surface area contributed by atoms with Crippen LogP contribution < -0.4 is 5.73 Å². The lowest BCUT2D eigenvalue weighted by Crippen LogP contribution is -2.65. The molecule has 0 radical (unpaired) electrons. The number of benzene rings is 1. The summed E-state index contributed by atoms with van der Waals surface area (Å²) in [5.74, 6) is -8.50. The molecule has 1 heterocycles. The number of phenolic OH excluding ortho intramolecular Hbond substituents is 1. The van der Waals surface area contributed by atoms with Crippen LogP contribution in [0.2, 0.25) is 0 Å². The third-order valence-corrected chi connectivity index (χ3v) is 8.94.